The Balaban J connectivity index is 1.80. The van der Waals surface area contributed by atoms with Gasteiger partial charge in [-0.1, -0.05) is 61.1 Å². The number of amides is 2. The van der Waals surface area contributed by atoms with Gasteiger partial charge in [0.2, 0.25) is 21.6 Å². The second-order valence-corrected chi connectivity index (χ2v) is 19.4. The molecule has 0 aromatic heterocycles. The first-order chi connectivity index (χ1) is 26.7. The molecule has 1 fully saturated rings. The Kier molecular flexibility index (Phi) is 25.7. The van der Waals surface area contributed by atoms with Crippen LogP contribution >= 0.6 is 59.4 Å². The van der Waals surface area contributed by atoms with E-state index in [2.05, 4.69) is 38.7 Å². The minimum absolute atomic E-state index is 0.0638. The van der Waals surface area contributed by atoms with Gasteiger partial charge in [-0.3, -0.25) is 14.1 Å². The predicted molar refractivity (Wildman–Crippen MR) is 223 cm³/mol. The van der Waals surface area contributed by atoms with Crippen molar-refractivity contribution in [3.05, 3.63) is 29.8 Å². The van der Waals surface area contributed by atoms with Gasteiger partial charge in [0.25, 0.3) is 5.91 Å². The van der Waals surface area contributed by atoms with Crippen LogP contribution in [0.25, 0.3) is 0 Å². The number of carbonyl (C=O) groups excluding carboxylic acids is 2. The summed E-state index contributed by atoms with van der Waals surface area (Å²) in [5.74, 6) is 11.1. The molecular weight excluding hydrogens is 851 g/mol. The Bertz CT molecular complexity index is 1520. The molecule has 0 aliphatic carbocycles. The molecule has 1 saturated heterocycles. The molecule has 314 valence electrons. The van der Waals surface area contributed by atoms with Crippen molar-refractivity contribution in [2.45, 2.75) is 54.7 Å². The van der Waals surface area contributed by atoms with Gasteiger partial charge in [-0.15, -0.1) is 5.92 Å². The summed E-state index contributed by atoms with van der Waals surface area (Å²) in [6.45, 7) is 3.68. The first-order valence-electron chi connectivity index (χ1n) is 17.0. The van der Waals surface area contributed by atoms with Crippen LogP contribution in [0.4, 0.5) is 0 Å². The van der Waals surface area contributed by atoms with Crippen LogP contribution < -0.4 is 21.1 Å². The van der Waals surface area contributed by atoms with Crippen LogP contribution in [0.1, 0.15) is 30.6 Å². The topological polar surface area (TPSA) is 247 Å². The van der Waals surface area contributed by atoms with E-state index in [4.69, 9.17) is 43.9 Å². The average molecular weight is 902 g/mol. The van der Waals surface area contributed by atoms with Gasteiger partial charge in [-0.2, -0.15) is 5.82 Å². The zero-order valence-corrected chi connectivity index (χ0v) is 36.5. The van der Waals surface area contributed by atoms with Gasteiger partial charge < -0.3 is 64.4 Å². The number of nitrogens with two attached hydrogens (primary N) is 1. The summed E-state index contributed by atoms with van der Waals surface area (Å²) < 4.78 is 51.2. The largest absolute Gasteiger partial charge is 0.490 e. The second kappa shape index (κ2) is 28.3. The molecule has 17 nitrogen and oxygen atoms in total. The van der Waals surface area contributed by atoms with Crippen molar-refractivity contribution in [2.75, 3.05) is 71.8 Å². The van der Waals surface area contributed by atoms with Crippen LogP contribution in [0.2, 0.25) is 0 Å². The summed E-state index contributed by atoms with van der Waals surface area (Å²) in [6, 6.07) is 6.39. The van der Waals surface area contributed by atoms with E-state index in [1.54, 1.807) is 37.4 Å². The normalized spacial score (nSPS) is 18.8. The van der Waals surface area contributed by atoms with Gasteiger partial charge in [0.1, 0.15) is 35.9 Å². The van der Waals surface area contributed by atoms with Crippen molar-refractivity contribution >= 4 is 78.5 Å². The van der Waals surface area contributed by atoms with Crippen LogP contribution in [-0.4, -0.2) is 145 Å². The monoisotopic (exact) mass is 901 g/mol. The summed E-state index contributed by atoms with van der Waals surface area (Å²) in [4.78, 5) is 62.6. The minimum Gasteiger partial charge on any atom is -0.490 e. The van der Waals surface area contributed by atoms with Gasteiger partial charge >= 0.3 is 7.82 Å². The Morgan fingerprint density at radius 1 is 1.16 bits per heavy atom. The molecule has 24 heteroatoms. The van der Waals surface area contributed by atoms with Crippen LogP contribution in [0.3, 0.4) is 0 Å². The van der Waals surface area contributed by atoms with E-state index in [0.717, 1.165) is 0 Å². The number of nitrogens with one attached hydrogen (secondary N) is 2. The zero-order chi connectivity index (χ0) is 41.4. The molecule has 0 bridgehead atoms. The smallest absolute Gasteiger partial charge is 0.469 e. The summed E-state index contributed by atoms with van der Waals surface area (Å²) in [5, 5.41) is 3.85. The van der Waals surface area contributed by atoms with E-state index in [1.807, 2.05) is 6.26 Å². The van der Waals surface area contributed by atoms with Crippen molar-refractivity contribution in [1.82, 2.24) is 10.6 Å². The fourth-order valence-electron chi connectivity index (χ4n) is 4.63. The van der Waals surface area contributed by atoms with E-state index in [0.29, 0.717) is 30.8 Å². The molecular formula is C32H50BN3O14P2S4. The highest BCUT2D eigenvalue weighted by atomic mass is 33.1. The molecule has 2 amide bonds. The predicted octanol–water partition coefficient (Wildman–Crippen LogP) is 1.64. The SMILES string of the molecule is CC#CC(C)(OCC1O[C@@H](BC#CCNC(=O)COCCOC(COc2cccc(C(=O)NCCN)c2)SSC)C[C@H]1O[C@H](COP(=O)(O)O)SSC)P(O)O. The summed E-state index contributed by atoms with van der Waals surface area (Å²) in [7, 11) is -1.53. The van der Waals surface area contributed by atoms with Gasteiger partial charge in [-0.25, -0.2) is 4.57 Å². The van der Waals surface area contributed by atoms with Gasteiger partial charge in [0.05, 0.1) is 39.1 Å². The van der Waals surface area contributed by atoms with Gasteiger partial charge in [-0.05, 0) is 51.0 Å². The van der Waals surface area contributed by atoms with Gasteiger partial charge in [0.15, 0.2) is 5.34 Å². The number of carbonyl (C=O) groups is 2. The average Bonchev–Trinajstić information content (AvgIpc) is 3.54. The summed E-state index contributed by atoms with van der Waals surface area (Å²) in [6.07, 6.45) is 2.73. The number of phosphoric acid groups is 1. The van der Waals surface area contributed by atoms with Crippen molar-refractivity contribution in [3.8, 4) is 29.3 Å². The Morgan fingerprint density at radius 2 is 1.91 bits per heavy atom. The van der Waals surface area contributed by atoms with Crippen LogP contribution in [-0.2, 0) is 37.6 Å². The molecule has 6 atom stereocenters. The van der Waals surface area contributed by atoms with E-state index in [-0.39, 0.29) is 70.7 Å². The quantitative estimate of drug-likeness (QED) is 0.0166. The van der Waals surface area contributed by atoms with Gasteiger partial charge in [0, 0.05) is 24.7 Å². The molecule has 0 spiro atoms. The molecule has 1 aromatic rings. The van der Waals surface area contributed by atoms with E-state index in [1.165, 1.54) is 50.1 Å². The molecule has 1 heterocycles. The molecule has 1 aromatic carbocycles. The highest BCUT2D eigenvalue weighted by Crippen LogP contribution is 2.43. The number of phosphoric ester groups is 1. The minimum atomic E-state index is -4.74. The third kappa shape index (κ3) is 21.1. The highest BCUT2D eigenvalue weighted by molar-refractivity contribution is 8.76. The molecule has 3 unspecified atom stereocenters. The Morgan fingerprint density at radius 3 is 2.59 bits per heavy atom. The summed E-state index contributed by atoms with van der Waals surface area (Å²) in [5.41, 5.74) is 4.81. The van der Waals surface area contributed by atoms with Crippen molar-refractivity contribution in [3.63, 3.8) is 0 Å². The highest BCUT2D eigenvalue weighted by Gasteiger charge is 2.41. The maximum absolute atomic E-state index is 12.3. The molecule has 0 radical (unpaired) electrons. The second-order valence-electron chi connectivity index (χ2n) is 11.5. The van der Waals surface area contributed by atoms with Crippen molar-refractivity contribution in [2.24, 2.45) is 5.73 Å². The lowest BCUT2D eigenvalue weighted by atomic mass is 9.71. The number of rotatable bonds is 27. The Hall–Kier alpha value is -1.24. The lowest BCUT2D eigenvalue weighted by Crippen LogP contribution is -2.36. The molecule has 8 N–H and O–H groups in total. The third-order valence-electron chi connectivity index (χ3n) is 7.16. The van der Waals surface area contributed by atoms with Crippen LogP contribution in [0, 0.1) is 23.6 Å². The maximum atomic E-state index is 12.3. The molecule has 2 rings (SSSR count). The van der Waals surface area contributed by atoms with Crippen molar-refractivity contribution in [1.29, 1.82) is 0 Å². The maximum Gasteiger partial charge on any atom is 0.469 e. The first kappa shape index (κ1) is 50.9. The summed E-state index contributed by atoms with van der Waals surface area (Å²) >= 11 is 0. The fourth-order valence-corrected chi connectivity index (χ4v) is 8.40. The van der Waals surface area contributed by atoms with Crippen molar-refractivity contribution < 1.29 is 66.7 Å². The zero-order valence-electron chi connectivity index (χ0n) is 31.5. The van der Waals surface area contributed by atoms with E-state index < -0.39 is 45.2 Å². The van der Waals surface area contributed by atoms with E-state index >= 15 is 0 Å². The lowest BCUT2D eigenvalue weighted by Gasteiger charge is -2.29. The number of hydrogen-bond donors (Lipinski definition) is 7. The number of hydrogen-bond acceptors (Lipinski definition) is 17. The lowest BCUT2D eigenvalue weighted by molar-refractivity contribution is -0.126. The van der Waals surface area contributed by atoms with Crippen LogP contribution in [0.15, 0.2) is 24.3 Å². The van der Waals surface area contributed by atoms with Crippen LogP contribution in [0.5, 0.6) is 5.75 Å². The number of ether oxygens (including phenoxy) is 6. The Labute approximate surface area is 345 Å². The molecule has 1 aliphatic rings. The van der Waals surface area contributed by atoms with E-state index in [9.17, 15) is 23.9 Å². The fraction of sp³-hybridized carbons (Fsp3) is 0.625. The standard InChI is InChI=1S/C32H50BN3O14P2S4/c1-5-10-32(2,51(39)40)47-19-26-25(50-30(56-54-4)22-48-52(41,42)43)18-27(49-26)33-11-7-13-35-28(37)20-44-15-16-45-29(55-53-3)21-46-24-9-6-8-23(17-24)31(38)36-14-12-34/h6,8-9,17,25-27,29-30,33,39-40H,12-16,18-22,34H2,1-4H3,(H,35,37)(H,36,38)(H2,41,42,43)/t25-,26?,27-,29?,30+,32?/m1/s1. The third-order valence-corrected chi connectivity index (χ3v) is 12.4. The number of benzene rings is 1. The molecule has 0 saturated carbocycles. The molecule has 56 heavy (non-hydrogen) atoms. The molecule has 1 aliphatic heterocycles. The first-order valence-corrected chi connectivity index (χ1v) is 25.0.